The Kier molecular flexibility index (Phi) is 7.97. The highest BCUT2D eigenvalue weighted by atomic mass is 32.2. The number of aliphatic imine (C=N–C) groups is 2. The second-order valence-corrected chi connectivity index (χ2v) is 11.6. The fourth-order valence-corrected chi connectivity index (χ4v) is 4.84. The van der Waals surface area contributed by atoms with Gasteiger partial charge in [-0.1, -0.05) is 5.87 Å². The number of carbonyl (C=O) groups excluding carboxylic acids is 1. The molecule has 1 amide bonds. The van der Waals surface area contributed by atoms with Gasteiger partial charge in [-0.2, -0.15) is 0 Å². The predicted molar refractivity (Wildman–Crippen MR) is 128 cm³/mol. The van der Waals surface area contributed by atoms with Gasteiger partial charge in [-0.3, -0.25) is 19.6 Å². The second kappa shape index (κ2) is 9.89. The molecule has 1 aromatic heterocycles. The van der Waals surface area contributed by atoms with Crippen molar-refractivity contribution in [2.24, 2.45) is 9.98 Å². The van der Waals surface area contributed by atoms with Crippen molar-refractivity contribution in [3.05, 3.63) is 23.5 Å². The molecule has 0 aliphatic heterocycles. The van der Waals surface area contributed by atoms with Gasteiger partial charge in [0, 0.05) is 36.3 Å². The predicted octanol–water partition coefficient (Wildman–Crippen LogP) is 3.67. The SMILES string of the molecule is C=S(C)(=N)CC(C)(NC(=O)c1cc(OC(C)CF)c(C2CC2)cn1)C(N=C(C)C)=NC. The number of hydrogen-bond donors (Lipinski definition) is 2. The molecule has 1 saturated carbocycles. The van der Waals surface area contributed by atoms with Crippen molar-refractivity contribution in [2.45, 2.75) is 58.1 Å². The lowest BCUT2D eigenvalue weighted by Crippen LogP contribution is -2.56. The number of carbonyl (C=O) groups is 1. The van der Waals surface area contributed by atoms with Crippen molar-refractivity contribution >= 4 is 32.7 Å². The number of nitrogens with one attached hydrogen (secondary N) is 2. The van der Waals surface area contributed by atoms with Gasteiger partial charge in [0.1, 0.15) is 35.6 Å². The van der Waals surface area contributed by atoms with E-state index in [9.17, 15) is 9.18 Å². The van der Waals surface area contributed by atoms with Crippen LogP contribution in [0.3, 0.4) is 0 Å². The number of amidine groups is 1. The van der Waals surface area contributed by atoms with Crippen LogP contribution in [0.4, 0.5) is 4.39 Å². The zero-order valence-electron chi connectivity index (χ0n) is 19.3. The van der Waals surface area contributed by atoms with Gasteiger partial charge in [-0.15, -0.1) is 9.41 Å². The summed E-state index contributed by atoms with van der Waals surface area (Å²) in [4.78, 5) is 26.3. The van der Waals surface area contributed by atoms with Crippen LogP contribution in [0.1, 0.15) is 62.5 Å². The number of rotatable bonds is 9. The molecular weight excluding hydrogens is 417 g/mol. The Morgan fingerprint density at radius 3 is 2.65 bits per heavy atom. The number of pyridine rings is 1. The van der Waals surface area contributed by atoms with Gasteiger partial charge in [0.15, 0.2) is 0 Å². The van der Waals surface area contributed by atoms with E-state index in [1.54, 1.807) is 39.4 Å². The summed E-state index contributed by atoms with van der Waals surface area (Å²) in [6.45, 7) is 6.52. The average Bonchev–Trinajstić information content (AvgIpc) is 3.49. The second-order valence-electron chi connectivity index (χ2n) is 8.78. The minimum Gasteiger partial charge on any atom is -0.488 e. The molecule has 0 radical (unpaired) electrons. The fourth-order valence-electron chi connectivity index (χ4n) is 3.36. The zero-order valence-corrected chi connectivity index (χ0v) is 20.1. The summed E-state index contributed by atoms with van der Waals surface area (Å²) < 4.78 is 27.1. The van der Waals surface area contributed by atoms with E-state index >= 15 is 0 Å². The van der Waals surface area contributed by atoms with Gasteiger partial charge in [0.05, 0.1) is 0 Å². The number of alkyl halides is 1. The highest BCUT2D eigenvalue weighted by Gasteiger charge is 2.35. The number of halogens is 1. The van der Waals surface area contributed by atoms with Crippen LogP contribution in [-0.4, -0.2) is 65.7 Å². The van der Waals surface area contributed by atoms with Crippen LogP contribution in [0.5, 0.6) is 5.75 Å². The van der Waals surface area contributed by atoms with Gasteiger partial charge < -0.3 is 10.1 Å². The first-order valence-corrected chi connectivity index (χ1v) is 12.6. The lowest BCUT2D eigenvalue weighted by atomic mass is 10.0. The first-order chi connectivity index (χ1) is 14.4. The summed E-state index contributed by atoms with van der Waals surface area (Å²) in [5.74, 6) is 5.05. The van der Waals surface area contributed by atoms with Crippen LogP contribution < -0.4 is 10.1 Å². The van der Waals surface area contributed by atoms with Crippen LogP contribution >= 0.6 is 0 Å². The van der Waals surface area contributed by atoms with Crippen LogP contribution in [0.15, 0.2) is 22.2 Å². The lowest BCUT2D eigenvalue weighted by molar-refractivity contribution is 0.0926. The quantitative estimate of drug-likeness (QED) is 0.340. The number of hydrogen-bond acceptors (Lipinski definition) is 5. The Morgan fingerprint density at radius 2 is 2.16 bits per heavy atom. The molecule has 2 N–H and O–H groups in total. The highest BCUT2D eigenvalue weighted by molar-refractivity contribution is 8.00. The maximum atomic E-state index is 13.2. The third-order valence-electron chi connectivity index (χ3n) is 4.72. The Morgan fingerprint density at radius 1 is 1.52 bits per heavy atom. The minimum absolute atomic E-state index is 0.162. The summed E-state index contributed by atoms with van der Waals surface area (Å²) in [5.41, 5.74) is 0.855. The maximum absolute atomic E-state index is 13.2. The van der Waals surface area contributed by atoms with E-state index in [-0.39, 0.29) is 11.4 Å². The van der Waals surface area contributed by atoms with Crippen molar-refractivity contribution in [3.8, 4) is 5.75 Å². The Bertz CT molecular complexity index is 982. The van der Waals surface area contributed by atoms with E-state index in [1.807, 2.05) is 13.8 Å². The van der Waals surface area contributed by atoms with E-state index in [1.165, 1.54) is 0 Å². The molecule has 3 unspecified atom stereocenters. The zero-order chi connectivity index (χ0) is 23.4. The maximum Gasteiger partial charge on any atom is 0.270 e. The van der Waals surface area contributed by atoms with E-state index in [0.29, 0.717) is 17.5 Å². The molecule has 1 aliphatic rings. The molecule has 0 aromatic carbocycles. The molecule has 1 fully saturated rings. The van der Waals surface area contributed by atoms with Gasteiger partial charge in [-0.05, 0) is 52.7 Å². The van der Waals surface area contributed by atoms with E-state index in [2.05, 4.69) is 26.2 Å². The molecule has 1 aliphatic carbocycles. The number of amides is 1. The third-order valence-corrected chi connectivity index (χ3v) is 5.94. The summed E-state index contributed by atoms with van der Waals surface area (Å²) in [6.07, 6.45) is 4.85. The molecule has 172 valence electrons. The Hall–Kier alpha value is -2.29. The van der Waals surface area contributed by atoms with Gasteiger partial charge in [-0.25, -0.2) is 9.38 Å². The molecule has 3 atom stereocenters. The van der Waals surface area contributed by atoms with E-state index in [0.717, 1.165) is 24.1 Å². The normalized spacial score (nSPS) is 19.0. The largest absolute Gasteiger partial charge is 0.488 e. The first kappa shape index (κ1) is 25.0. The molecule has 0 spiro atoms. The Labute approximate surface area is 185 Å². The average molecular weight is 452 g/mol. The van der Waals surface area contributed by atoms with Crippen molar-refractivity contribution in [1.82, 2.24) is 10.3 Å². The molecule has 31 heavy (non-hydrogen) atoms. The summed E-state index contributed by atoms with van der Waals surface area (Å²) >= 11 is 0. The molecular formula is C22H34FN5O2S. The fraction of sp³-hybridized carbons (Fsp3) is 0.591. The van der Waals surface area contributed by atoms with Crippen molar-refractivity contribution in [2.75, 3.05) is 25.7 Å². The molecule has 2 rings (SSSR count). The van der Waals surface area contributed by atoms with Gasteiger partial charge in [0.2, 0.25) is 0 Å². The monoisotopic (exact) mass is 451 g/mol. The van der Waals surface area contributed by atoms with Gasteiger partial charge in [0.25, 0.3) is 5.91 Å². The smallest absolute Gasteiger partial charge is 0.270 e. The topological polar surface area (TPSA) is 99.8 Å². The number of ether oxygens (including phenoxy) is 1. The third kappa shape index (κ3) is 7.12. The van der Waals surface area contributed by atoms with E-state index < -0.39 is 33.6 Å². The van der Waals surface area contributed by atoms with Crippen molar-refractivity contribution in [3.63, 3.8) is 0 Å². The molecule has 0 bridgehead atoms. The highest BCUT2D eigenvalue weighted by Crippen LogP contribution is 2.44. The number of nitrogens with zero attached hydrogens (tertiary/aromatic N) is 3. The standard InChI is InChI=1S/C22H34FN5O2S/c1-14(2)27-21(25-5)22(4,13-31(6,7)24)28-20(29)18-10-19(30-15(3)11-23)17(12-26-18)16-8-9-16/h10,12,15-16,24H,6,8-9,11,13H2,1-5,7H3,(H,28,29). The molecule has 1 aromatic rings. The summed E-state index contributed by atoms with van der Waals surface area (Å²) in [5, 5.41) is 2.97. The van der Waals surface area contributed by atoms with Crippen LogP contribution in [0, 0.1) is 4.78 Å². The molecule has 1 heterocycles. The minimum atomic E-state index is -1.99. The number of aromatic nitrogens is 1. The summed E-state index contributed by atoms with van der Waals surface area (Å²) in [7, 11) is -0.379. The van der Waals surface area contributed by atoms with Crippen LogP contribution in [0.2, 0.25) is 0 Å². The van der Waals surface area contributed by atoms with Crippen LogP contribution in [-0.2, 0) is 9.41 Å². The molecule has 7 nitrogen and oxygen atoms in total. The van der Waals surface area contributed by atoms with Crippen molar-refractivity contribution < 1.29 is 13.9 Å². The Balaban J connectivity index is 2.40. The first-order valence-electron chi connectivity index (χ1n) is 10.3. The molecule has 0 saturated heterocycles. The van der Waals surface area contributed by atoms with E-state index in [4.69, 9.17) is 9.52 Å². The molecule has 9 heteroatoms. The summed E-state index contributed by atoms with van der Waals surface area (Å²) in [6, 6.07) is 1.57. The van der Waals surface area contributed by atoms with Crippen LogP contribution in [0.25, 0.3) is 0 Å². The lowest BCUT2D eigenvalue weighted by Gasteiger charge is -2.32. The van der Waals surface area contributed by atoms with Crippen molar-refractivity contribution in [1.29, 1.82) is 4.78 Å². The van der Waals surface area contributed by atoms with Gasteiger partial charge >= 0.3 is 0 Å².